The van der Waals surface area contributed by atoms with Crippen molar-refractivity contribution in [2.75, 3.05) is 11.9 Å². The third-order valence-corrected chi connectivity index (χ3v) is 5.70. The Morgan fingerprint density at radius 3 is 2.45 bits per heavy atom. The molecule has 0 saturated heterocycles. The van der Waals surface area contributed by atoms with E-state index in [1.807, 2.05) is 0 Å². The van der Waals surface area contributed by atoms with Crippen LogP contribution in [0, 0.1) is 10.1 Å². The van der Waals surface area contributed by atoms with Crippen LogP contribution in [0.5, 0.6) is 0 Å². The molecule has 0 unspecified atom stereocenters. The molecule has 0 fully saturated rings. The number of nitro groups is 1. The van der Waals surface area contributed by atoms with Gasteiger partial charge < -0.3 is 4.74 Å². The topological polar surface area (TPSA) is 146 Å². The van der Waals surface area contributed by atoms with Gasteiger partial charge in [0.2, 0.25) is 5.78 Å². The Labute approximate surface area is 190 Å². The number of nitro benzene ring substituents is 1. The molecule has 1 amide bonds. The molecule has 11 heteroatoms. The molecule has 33 heavy (non-hydrogen) atoms. The number of hydrogen-bond acceptors (Lipinski definition) is 9. The third kappa shape index (κ3) is 4.01. The summed E-state index contributed by atoms with van der Waals surface area (Å²) >= 11 is 1.03. The first-order valence-corrected chi connectivity index (χ1v) is 10.6. The first-order chi connectivity index (χ1) is 15.8. The standard InChI is InChI=1S/C22H15N3O7S/c1-2-32-16(26)9-11-10-33-22(23-11)24-21(29)15-8-7-14-17(18(15)25(30)31)20(28)13-6-4-3-5-12(13)19(14)27/h3-8,10H,2,9H2,1H3,(H,23,24,29). The van der Waals surface area contributed by atoms with Crippen molar-refractivity contribution in [3.05, 3.63) is 85.4 Å². The van der Waals surface area contributed by atoms with Gasteiger partial charge >= 0.3 is 5.97 Å². The number of carbonyl (C=O) groups is 4. The average molecular weight is 465 g/mol. The SMILES string of the molecule is CCOC(=O)Cc1csc(NC(=O)c2ccc3c(c2[N+](=O)[O-])C(=O)c2ccccc2C3=O)n1. The van der Waals surface area contributed by atoms with Gasteiger partial charge in [0.05, 0.1) is 23.6 Å². The summed E-state index contributed by atoms with van der Waals surface area (Å²) in [7, 11) is 0. The van der Waals surface area contributed by atoms with E-state index in [1.165, 1.54) is 18.2 Å². The van der Waals surface area contributed by atoms with Crippen molar-refractivity contribution >= 4 is 45.6 Å². The molecule has 3 aromatic rings. The van der Waals surface area contributed by atoms with Crippen molar-refractivity contribution in [3.63, 3.8) is 0 Å². The summed E-state index contributed by atoms with van der Waals surface area (Å²) in [5, 5.41) is 16.0. The monoisotopic (exact) mass is 465 g/mol. The lowest BCUT2D eigenvalue weighted by atomic mass is 9.82. The van der Waals surface area contributed by atoms with Gasteiger partial charge in [0.15, 0.2) is 10.9 Å². The number of anilines is 1. The second-order valence-corrected chi connectivity index (χ2v) is 7.78. The Kier molecular flexibility index (Phi) is 5.80. The summed E-state index contributed by atoms with van der Waals surface area (Å²) in [6, 6.07) is 8.40. The quantitative estimate of drug-likeness (QED) is 0.260. The fourth-order valence-corrected chi connectivity index (χ4v) is 4.22. The minimum Gasteiger partial charge on any atom is -0.466 e. The van der Waals surface area contributed by atoms with E-state index in [-0.39, 0.29) is 40.4 Å². The molecule has 10 nitrogen and oxygen atoms in total. The number of nitrogens with one attached hydrogen (secondary N) is 1. The van der Waals surface area contributed by atoms with Crippen LogP contribution in [0.1, 0.15) is 54.8 Å². The van der Waals surface area contributed by atoms with E-state index in [2.05, 4.69) is 10.3 Å². The highest BCUT2D eigenvalue weighted by Gasteiger charge is 2.38. The number of ketones is 2. The third-order valence-electron chi connectivity index (χ3n) is 4.90. The van der Waals surface area contributed by atoms with Crippen LogP contribution < -0.4 is 5.32 Å². The zero-order valence-corrected chi connectivity index (χ0v) is 17.9. The molecule has 1 aliphatic carbocycles. The van der Waals surface area contributed by atoms with Gasteiger partial charge in [0.25, 0.3) is 11.6 Å². The molecule has 0 saturated carbocycles. The highest BCUT2D eigenvalue weighted by molar-refractivity contribution is 7.14. The lowest BCUT2D eigenvalue weighted by Gasteiger charge is -2.18. The number of carbonyl (C=O) groups excluding carboxylic acids is 4. The molecule has 0 bridgehead atoms. The summed E-state index contributed by atoms with van der Waals surface area (Å²) in [5.74, 6) is -2.58. The van der Waals surface area contributed by atoms with Gasteiger partial charge in [-0.05, 0) is 19.1 Å². The van der Waals surface area contributed by atoms with Crippen molar-refractivity contribution < 1.29 is 28.8 Å². The van der Waals surface area contributed by atoms with Gasteiger partial charge in [0.1, 0.15) is 11.1 Å². The fraction of sp³-hybridized carbons (Fsp3) is 0.136. The number of amides is 1. The number of esters is 1. The van der Waals surface area contributed by atoms with Crippen molar-refractivity contribution in [1.82, 2.24) is 4.98 Å². The summed E-state index contributed by atoms with van der Waals surface area (Å²) in [4.78, 5) is 65.5. The van der Waals surface area contributed by atoms with Crippen LogP contribution in [0.15, 0.2) is 41.8 Å². The molecular formula is C22H15N3O7S. The Hall–Kier alpha value is -4.25. The van der Waals surface area contributed by atoms with Gasteiger partial charge in [-0.1, -0.05) is 24.3 Å². The summed E-state index contributed by atoms with van der Waals surface area (Å²) < 4.78 is 4.85. The number of aromatic nitrogens is 1. The number of rotatable bonds is 6. The second kappa shape index (κ2) is 8.71. The van der Waals surface area contributed by atoms with Crippen molar-refractivity contribution in [3.8, 4) is 0 Å². The molecule has 1 aromatic heterocycles. The first-order valence-electron chi connectivity index (χ1n) is 9.73. The van der Waals surface area contributed by atoms with Crippen LogP contribution in [-0.4, -0.2) is 40.0 Å². The molecule has 0 radical (unpaired) electrons. The molecule has 2 aromatic carbocycles. The molecule has 0 atom stereocenters. The number of benzene rings is 2. The fourth-order valence-electron chi connectivity index (χ4n) is 3.51. The average Bonchev–Trinajstić information content (AvgIpc) is 3.22. The zero-order chi connectivity index (χ0) is 23.7. The Balaban J connectivity index is 1.68. The molecule has 1 aliphatic rings. The molecule has 166 valence electrons. The van der Waals surface area contributed by atoms with Gasteiger partial charge in [-0.3, -0.25) is 34.6 Å². The van der Waals surface area contributed by atoms with E-state index in [0.29, 0.717) is 5.69 Å². The van der Waals surface area contributed by atoms with Crippen molar-refractivity contribution in [2.24, 2.45) is 0 Å². The van der Waals surface area contributed by atoms with E-state index < -0.39 is 39.6 Å². The van der Waals surface area contributed by atoms with Crippen LogP contribution in [0.2, 0.25) is 0 Å². The largest absolute Gasteiger partial charge is 0.466 e. The molecule has 1 N–H and O–H groups in total. The number of nitrogens with zero attached hydrogens (tertiary/aromatic N) is 2. The maximum Gasteiger partial charge on any atom is 0.311 e. The normalized spacial score (nSPS) is 12.0. The van der Waals surface area contributed by atoms with Crippen molar-refractivity contribution in [1.29, 1.82) is 0 Å². The highest BCUT2D eigenvalue weighted by atomic mass is 32.1. The summed E-state index contributed by atoms with van der Waals surface area (Å²) in [6.07, 6.45) is -0.0881. The molecule has 1 heterocycles. The smallest absolute Gasteiger partial charge is 0.311 e. The van der Waals surface area contributed by atoms with Gasteiger partial charge in [-0.2, -0.15) is 0 Å². The number of ether oxygens (including phenoxy) is 1. The maximum absolute atomic E-state index is 13.0. The molecule has 0 spiro atoms. The van der Waals surface area contributed by atoms with Crippen LogP contribution in [0.3, 0.4) is 0 Å². The first kappa shape index (κ1) is 22.0. The summed E-state index contributed by atoms with van der Waals surface area (Å²) in [6.45, 7) is 1.90. The van der Waals surface area contributed by atoms with E-state index in [0.717, 1.165) is 17.4 Å². The van der Waals surface area contributed by atoms with E-state index in [1.54, 1.807) is 24.4 Å². The molecular weight excluding hydrogens is 450 g/mol. The minimum atomic E-state index is -0.874. The van der Waals surface area contributed by atoms with Crippen molar-refractivity contribution in [2.45, 2.75) is 13.3 Å². The van der Waals surface area contributed by atoms with Crippen LogP contribution in [0.25, 0.3) is 0 Å². The zero-order valence-electron chi connectivity index (χ0n) is 17.1. The van der Waals surface area contributed by atoms with E-state index in [9.17, 15) is 29.3 Å². The second-order valence-electron chi connectivity index (χ2n) is 6.93. The Morgan fingerprint density at radius 2 is 1.79 bits per heavy atom. The predicted octanol–water partition coefficient (Wildman–Crippen LogP) is 3.18. The lowest BCUT2D eigenvalue weighted by molar-refractivity contribution is -0.385. The van der Waals surface area contributed by atoms with Gasteiger partial charge in [-0.15, -0.1) is 11.3 Å². The molecule has 0 aliphatic heterocycles. The van der Waals surface area contributed by atoms with Crippen LogP contribution in [-0.2, 0) is 16.0 Å². The van der Waals surface area contributed by atoms with E-state index >= 15 is 0 Å². The minimum absolute atomic E-state index is 0.0409. The predicted molar refractivity (Wildman–Crippen MR) is 117 cm³/mol. The van der Waals surface area contributed by atoms with Crippen LogP contribution in [0.4, 0.5) is 10.8 Å². The highest BCUT2D eigenvalue weighted by Crippen LogP contribution is 2.36. The Bertz CT molecular complexity index is 1350. The summed E-state index contributed by atoms with van der Waals surface area (Å²) in [5.41, 5.74) is -1.13. The van der Waals surface area contributed by atoms with Crippen LogP contribution >= 0.6 is 11.3 Å². The number of thiazole rings is 1. The van der Waals surface area contributed by atoms with Gasteiger partial charge in [0, 0.05) is 22.1 Å². The lowest BCUT2D eigenvalue weighted by Crippen LogP contribution is -2.24. The van der Waals surface area contributed by atoms with Gasteiger partial charge in [-0.25, -0.2) is 4.98 Å². The number of hydrogen-bond donors (Lipinski definition) is 1. The number of fused-ring (bicyclic) bond motifs is 2. The maximum atomic E-state index is 13.0. The van der Waals surface area contributed by atoms with E-state index in [4.69, 9.17) is 4.74 Å². The Morgan fingerprint density at radius 1 is 1.09 bits per heavy atom. The molecule has 4 rings (SSSR count).